The lowest BCUT2D eigenvalue weighted by Crippen LogP contribution is -2.43. The molecule has 0 saturated carbocycles. The molecule has 1 aromatic heterocycles. The van der Waals surface area contributed by atoms with Crippen molar-refractivity contribution >= 4 is 27.5 Å². The SMILES string of the molecule is Clc1cc(Br)cc(-c2nc(CN3CCNCC3)no2)c1. The second-order valence-corrected chi connectivity index (χ2v) is 6.05. The van der Waals surface area contributed by atoms with Crippen molar-refractivity contribution in [3.05, 3.63) is 33.5 Å². The van der Waals surface area contributed by atoms with Gasteiger partial charge in [0.25, 0.3) is 5.89 Å². The van der Waals surface area contributed by atoms with E-state index < -0.39 is 0 Å². The summed E-state index contributed by atoms with van der Waals surface area (Å²) in [5, 5.41) is 7.99. The number of nitrogens with zero attached hydrogens (tertiary/aromatic N) is 3. The summed E-state index contributed by atoms with van der Waals surface area (Å²) < 4.78 is 6.21. The standard InChI is InChI=1S/C13H14BrClN4O/c14-10-5-9(6-11(15)7-10)13-17-12(18-20-13)8-19-3-1-16-2-4-19/h5-7,16H,1-4,8H2. The normalized spacial score (nSPS) is 16.5. The Balaban J connectivity index is 1.75. The molecule has 0 radical (unpaired) electrons. The predicted octanol–water partition coefficient (Wildman–Crippen LogP) is 2.56. The van der Waals surface area contributed by atoms with Crippen molar-refractivity contribution in [1.29, 1.82) is 0 Å². The van der Waals surface area contributed by atoms with Crippen molar-refractivity contribution < 1.29 is 4.52 Å². The van der Waals surface area contributed by atoms with Gasteiger partial charge in [-0.2, -0.15) is 4.98 Å². The Hall–Kier alpha value is -0.950. The fourth-order valence-corrected chi connectivity index (χ4v) is 3.04. The van der Waals surface area contributed by atoms with Gasteiger partial charge in [-0.25, -0.2) is 0 Å². The molecule has 0 aliphatic carbocycles. The van der Waals surface area contributed by atoms with E-state index in [0.717, 1.165) is 36.2 Å². The fraction of sp³-hybridized carbons (Fsp3) is 0.385. The predicted molar refractivity (Wildman–Crippen MR) is 80.6 cm³/mol. The van der Waals surface area contributed by atoms with Crippen molar-refractivity contribution in [3.8, 4) is 11.5 Å². The highest BCUT2D eigenvalue weighted by Crippen LogP contribution is 2.26. The number of halogens is 2. The van der Waals surface area contributed by atoms with Crippen LogP contribution in [-0.4, -0.2) is 41.2 Å². The molecule has 1 saturated heterocycles. The second-order valence-electron chi connectivity index (χ2n) is 4.70. The Morgan fingerprint density at radius 2 is 2.10 bits per heavy atom. The minimum Gasteiger partial charge on any atom is -0.334 e. The van der Waals surface area contributed by atoms with Gasteiger partial charge in [-0.3, -0.25) is 4.90 Å². The van der Waals surface area contributed by atoms with Crippen LogP contribution in [0.3, 0.4) is 0 Å². The Morgan fingerprint density at radius 3 is 2.85 bits per heavy atom. The molecule has 0 spiro atoms. The van der Waals surface area contributed by atoms with Crippen LogP contribution in [0.25, 0.3) is 11.5 Å². The highest BCUT2D eigenvalue weighted by molar-refractivity contribution is 9.10. The smallest absolute Gasteiger partial charge is 0.258 e. The molecule has 0 unspecified atom stereocenters. The van der Waals surface area contributed by atoms with E-state index in [1.54, 1.807) is 0 Å². The van der Waals surface area contributed by atoms with Crippen molar-refractivity contribution in [2.75, 3.05) is 26.2 Å². The van der Waals surface area contributed by atoms with Gasteiger partial charge in [-0.1, -0.05) is 32.7 Å². The molecule has 2 aromatic rings. The molecule has 20 heavy (non-hydrogen) atoms. The van der Waals surface area contributed by atoms with E-state index in [9.17, 15) is 0 Å². The summed E-state index contributed by atoms with van der Waals surface area (Å²) in [6.07, 6.45) is 0. The third kappa shape index (κ3) is 3.38. The lowest BCUT2D eigenvalue weighted by molar-refractivity contribution is 0.225. The number of rotatable bonds is 3. The van der Waals surface area contributed by atoms with Crippen LogP contribution in [0.2, 0.25) is 5.02 Å². The maximum Gasteiger partial charge on any atom is 0.258 e. The van der Waals surface area contributed by atoms with Gasteiger partial charge < -0.3 is 9.84 Å². The number of nitrogens with one attached hydrogen (secondary N) is 1. The van der Waals surface area contributed by atoms with Gasteiger partial charge in [0.15, 0.2) is 5.82 Å². The van der Waals surface area contributed by atoms with E-state index in [-0.39, 0.29) is 0 Å². The van der Waals surface area contributed by atoms with Gasteiger partial charge in [-0.15, -0.1) is 0 Å². The first kappa shape index (κ1) is 14.0. The van der Waals surface area contributed by atoms with Gasteiger partial charge in [0.1, 0.15) is 0 Å². The summed E-state index contributed by atoms with van der Waals surface area (Å²) in [5.41, 5.74) is 0.823. The van der Waals surface area contributed by atoms with Gasteiger partial charge in [0, 0.05) is 41.2 Å². The quantitative estimate of drug-likeness (QED) is 0.915. The Morgan fingerprint density at radius 1 is 1.30 bits per heavy atom. The molecule has 7 heteroatoms. The van der Waals surface area contributed by atoms with Crippen LogP contribution in [0.1, 0.15) is 5.82 Å². The van der Waals surface area contributed by atoms with Crippen LogP contribution in [0.5, 0.6) is 0 Å². The topological polar surface area (TPSA) is 54.2 Å². The molecule has 2 heterocycles. The summed E-state index contributed by atoms with van der Waals surface area (Å²) in [7, 11) is 0. The van der Waals surface area contributed by atoms with Crippen molar-refractivity contribution in [2.45, 2.75) is 6.54 Å². The lowest BCUT2D eigenvalue weighted by Gasteiger charge is -2.25. The highest BCUT2D eigenvalue weighted by atomic mass is 79.9. The van der Waals surface area contributed by atoms with Crippen LogP contribution in [0, 0.1) is 0 Å². The Labute approximate surface area is 130 Å². The van der Waals surface area contributed by atoms with Gasteiger partial charge >= 0.3 is 0 Å². The molecule has 0 bridgehead atoms. The van der Waals surface area contributed by atoms with Crippen LogP contribution >= 0.6 is 27.5 Å². The van der Waals surface area contributed by atoms with Gasteiger partial charge in [-0.05, 0) is 18.2 Å². The van der Waals surface area contributed by atoms with Crippen molar-refractivity contribution in [1.82, 2.24) is 20.4 Å². The minimum atomic E-state index is 0.498. The van der Waals surface area contributed by atoms with E-state index in [2.05, 4.69) is 36.3 Å². The molecule has 1 aliphatic heterocycles. The zero-order chi connectivity index (χ0) is 13.9. The molecule has 1 N–H and O–H groups in total. The summed E-state index contributed by atoms with van der Waals surface area (Å²) in [4.78, 5) is 6.74. The second kappa shape index (κ2) is 6.22. The van der Waals surface area contributed by atoms with E-state index in [4.69, 9.17) is 16.1 Å². The molecule has 0 atom stereocenters. The number of piperazine rings is 1. The molecule has 5 nitrogen and oxygen atoms in total. The minimum absolute atomic E-state index is 0.498. The molecule has 1 aliphatic rings. The molecule has 3 rings (SSSR count). The van der Waals surface area contributed by atoms with Crippen molar-refractivity contribution in [2.24, 2.45) is 0 Å². The molecule has 106 valence electrons. The van der Waals surface area contributed by atoms with E-state index >= 15 is 0 Å². The lowest BCUT2D eigenvalue weighted by atomic mass is 10.2. The maximum atomic E-state index is 6.03. The zero-order valence-corrected chi connectivity index (χ0v) is 13.1. The average molecular weight is 358 g/mol. The Bertz CT molecular complexity index is 578. The van der Waals surface area contributed by atoms with Crippen molar-refractivity contribution in [3.63, 3.8) is 0 Å². The van der Waals surface area contributed by atoms with Crippen LogP contribution in [-0.2, 0) is 6.54 Å². The van der Waals surface area contributed by atoms with Crippen LogP contribution in [0.15, 0.2) is 27.2 Å². The van der Waals surface area contributed by atoms with Gasteiger partial charge in [0.05, 0.1) is 6.54 Å². The first-order valence-electron chi connectivity index (χ1n) is 6.43. The molecule has 1 aromatic carbocycles. The first-order chi connectivity index (χ1) is 9.70. The number of benzene rings is 1. The highest BCUT2D eigenvalue weighted by Gasteiger charge is 2.15. The summed E-state index contributed by atoms with van der Waals surface area (Å²) >= 11 is 9.43. The van der Waals surface area contributed by atoms with E-state index in [0.29, 0.717) is 23.3 Å². The number of hydrogen-bond acceptors (Lipinski definition) is 5. The van der Waals surface area contributed by atoms with E-state index in [1.807, 2.05) is 18.2 Å². The Kier molecular flexibility index (Phi) is 4.35. The summed E-state index contributed by atoms with van der Waals surface area (Å²) in [6, 6.07) is 5.55. The summed E-state index contributed by atoms with van der Waals surface area (Å²) in [6.45, 7) is 4.74. The number of hydrogen-bond donors (Lipinski definition) is 1. The zero-order valence-electron chi connectivity index (χ0n) is 10.8. The third-order valence-corrected chi connectivity index (χ3v) is 3.83. The monoisotopic (exact) mass is 356 g/mol. The van der Waals surface area contributed by atoms with Gasteiger partial charge in [0.2, 0.25) is 0 Å². The third-order valence-electron chi connectivity index (χ3n) is 3.15. The maximum absolute atomic E-state index is 6.03. The fourth-order valence-electron chi connectivity index (χ4n) is 2.18. The molecular formula is C13H14BrClN4O. The molecule has 0 amide bonds. The average Bonchev–Trinajstić information content (AvgIpc) is 2.87. The first-order valence-corrected chi connectivity index (χ1v) is 7.60. The van der Waals surface area contributed by atoms with E-state index in [1.165, 1.54) is 0 Å². The largest absolute Gasteiger partial charge is 0.334 e. The number of aromatic nitrogens is 2. The summed E-state index contributed by atoms with van der Waals surface area (Å²) in [5.74, 6) is 1.20. The van der Waals surface area contributed by atoms with Crippen LogP contribution < -0.4 is 5.32 Å². The molecule has 1 fully saturated rings. The molecular weight excluding hydrogens is 344 g/mol. The van der Waals surface area contributed by atoms with Crippen LogP contribution in [0.4, 0.5) is 0 Å².